The Bertz CT molecular complexity index is 725. The molecule has 1 saturated heterocycles. The Kier molecular flexibility index (Phi) is 5.99. The third-order valence-electron chi connectivity index (χ3n) is 4.29. The summed E-state index contributed by atoms with van der Waals surface area (Å²) < 4.78 is 13.8. The van der Waals surface area contributed by atoms with E-state index in [0.29, 0.717) is 35.9 Å². The second kappa shape index (κ2) is 8.40. The van der Waals surface area contributed by atoms with Gasteiger partial charge in [0.05, 0.1) is 5.56 Å². The smallest absolute Gasteiger partial charge is 0.257 e. The van der Waals surface area contributed by atoms with Crippen molar-refractivity contribution in [2.45, 2.75) is 18.1 Å². The highest BCUT2D eigenvalue weighted by Crippen LogP contribution is 2.14. The molecule has 0 bridgehead atoms. The molecule has 1 aromatic heterocycles. The highest BCUT2D eigenvalue weighted by Gasteiger charge is 2.21. The van der Waals surface area contributed by atoms with Gasteiger partial charge in [0, 0.05) is 50.7 Å². The number of nitrogens with zero attached hydrogens (tertiary/aromatic N) is 4. The number of thioether (sulfide) groups is 1. The van der Waals surface area contributed by atoms with Crippen LogP contribution in [0, 0.1) is 5.82 Å². The number of carbonyl (C=O) groups excluding carboxylic acids is 1. The first-order valence-corrected chi connectivity index (χ1v) is 9.51. The minimum atomic E-state index is -0.175. The van der Waals surface area contributed by atoms with Crippen LogP contribution in [0.5, 0.6) is 0 Å². The standard InChI is InChI=1S/C18H21FN4OS/c1-25-18-20-11-15(12-21-18)17(24)23-8-4-7-22(9-10-23)13-14-5-2-3-6-16(14)19/h2-3,5-6,11-12H,4,7-10,13H2,1H3. The Hall–Kier alpha value is -1.99. The molecular weight excluding hydrogens is 339 g/mol. The summed E-state index contributed by atoms with van der Waals surface area (Å²) in [6.07, 6.45) is 5.94. The molecule has 0 atom stereocenters. The number of rotatable bonds is 4. The number of aromatic nitrogens is 2. The molecule has 1 aliphatic heterocycles. The van der Waals surface area contributed by atoms with Crippen molar-refractivity contribution in [2.24, 2.45) is 0 Å². The molecule has 25 heavy (non-hydrogen) atoms. The molecule has 132 valence electrons. The topological polar surface area (TPSA) is 49.3 Å². The quantitative estimate of drug-likeness (QED) is 0.620. The summed E-state index contributed by atoms with van der Waals surface area (Å²) in [6, 6.07) is 6.85. The van der Waals surface area contributed by atoms with E-state index in [9.17, 15) is 9.18 Å². The number of carbonyl (C=O) groups is 1. The van der Waals surface area contributed by atoms with E-state index < -0.39 is 0 Å². The van der Waals surface area contributed by atoms with Gasteiger partial charge in [0.2, 0.25) is 0 Å². The summed E-state index contributed by atoms with van der Waals surface area (Å²) in [5.74, 6) is -0.217. The molecule has 5 nitrogen and oxygen atoms in total. The zero-order valence-corrected chi connectivity index (χ0v) is 15.0. The van der Waals surface area contributed by atoms with Crippen molar-refractivity contribution in [3.8, 4) is 0 Å². The molecule has 0 unspecified atom stereocenters. The molecule has 2 heterocycles. The van der Waals surface area contributed by atoms with E-state index in [1.807, 2.05) is 23.3 Å². The number of benzene rings is 1. The van der Waals surface area contributed by atoms with Crippen LogP contribution in [0.1, 0.15) is 22.3 Å². The monoisotopic (exact) mass is 360 g/mol. The van der Waals surface area contributed by atoms with Crippen LogP contribution in [0.2, 0.25) is 0 Å². The van der Waals surface area contributed by atoms with E-state index in [-0.39, 0.29) is 11.7 Å². The van der Waals surface area contributed by atoms with Crippen molar-refractivity contribution in [3.05, 3.63) is 53.6 Å². The maximum absolute atomic E-state index is 13.8. The van der Waals surface area contributed by atoms with Gasteiger partial charge in [-0.3, -0.25) is 9.69 Å². The maximum Gasteiger partial charge on any atom is 0.257 e. The van der Waals surface area contributed by atoms with Crippen LogP contribution in [-0.4, -0.2) is 58.1 Å². The highest BCUT2D eigenvalue weighted by molar-refractivity contribution is 7.98. The molecule has 0 radical (unpaired) electrons. The lowest BCUT2D eigenvalue weighted by molar-refractivity contribution is 0.0760. The molecule has 0 spiro atoms. The van der Waals surface area contributed by atoms with Gasteiger partial charge < -0.3 is 4.90 Å². The molecule has 3 rings (SSSR count). The fourth-order valence-electron chi connectivity index (χ4n) is 2.91. The van der Waals surface area contributed by atoms with Gasteiger partial charge >= 0.3 is 0 Å². The van der Waals surface area contributed by atoms with Crippen molar-refractivity contribution in [1.82, 2.24) is 19.8 Å². The summed E-state index contributed by atoms with van der Waals surface area (Å²) in [6.45, 7) is 3.46. The fourth-order valence-corrected chi connectivity index (χ4v) is 3.23. The van der Waals surface area contributed by atoms with Gasteiger partial charge in [0.15, 0.2) is 5.16 Å². The van der Waals surface area contributed by atoms with Gasteiger partial charge in [-0.15, -0.1) is 0 Å². The normalized spacial score (nSPS) is 15.8. The van der Waals surface area contributed by atoms with E-state index in [0.717, 1.165) is 19.5 Å². The second-order valence-corrected chi connectivity index (χ2v) is 6.75. The lowest BCUT2D eigenvalue weighted by atomic mass is 10.2. The van der Waals surface area contributed by atoms with E-state index >= 15 is 0 Å². The molecule has 2 aromatic rings. The molecule has 0 N–H and O–H groups in total. The molecule has 0 aliphatic carbocycles. The predicted molar refractivity (Wildman–Crippen MR) is 96.0 cm³/mol. The largest absolute Gasteiger partial charge is 0.337 e. The van der Waals surface area contributed by atoms with E-state index in [1.54, 1.807) is 18.5 Å². The Morgan fingerprint density at radius 3 is 2.64 bits per heavy atom. The van der Waals surface area contributed by atoms with Crippen molar-refractivity contribution in [3.63, 3.8) is 0 Å². The Morgan fingerprint density at radius 1 is 1.16 bits per heavy atom. The van der Waals surface area contributed by atoms with Crippen LogP contribution in [-0.2, 0) is 6.54 Å². The Balaban J connectivity index is 1.60. The summed E-state index contributed by atoms with van der Waals surface area (Å²) in [5.41, 5.74) is 1.21. The number of hydrogen-bond donors (Lipinski definition) is 0. The number of amides is 1. The van der Waals surface area contributed by atoms with Gasteiger partial charge in [-0.05, 0) is 18.7 Å². The average Bonchev–Trinajstić information content (AvgIpc) is 2.89. The first-order valence-electron chi connectivity index (χ1n) is 8.28. The molecule has 0 saturated carbocycles. The van der Waals surface area contributed by atoms with Gasteiger partial charge in [0.1, 0.15) is 5.82 Å². The summed E-state index contributed by atoms with van der Waals surface area (Å²) in [7, 11) is 0. The lowest BCUT2D eigenvalue weighted by Crippen LogP contribution is -2.35. The first kappa shape index (κ1) is 17.8. The number of hydrogen-bond acceptors (Lipinski definition) is 5. The van der Waals surface area contributed by atoms with E-state index in [2.05, 4.69) is 14.9 Å². The lowest BCUT2D eigenvalue weighted by Gasteiger charge is -2.22. The first-order chi connectivity index (χ1) is 12.2. The predicted octanol–water partition coefficient (Wildman–Crippen LogP) is 2.69. The van der Waals surface area contributed by atoms with Crippen LogP contribution in [0.25, 0.3) is 0 Å². The van der Waals surface area contributed by atoms with E-state index in [4.69, 9.17) is 0 Å². The SMILES string of the molecule is CSc1ncc(C(=O)N2CCCN(Cc3ccccc3F)CC2)cn1. The molecule has 1 aliphatic rings. The van der Waals surface area contributed by atoms with Crippen molar-refractivity contribution in [1.29, 1.82) is 0 Å². The molecule has 7 heteroatoms. The van der Waals surface area contributed by atoms with Crippen molar-refractivity contribution in [2.75, 3.05) is 32.4 Å². The number of halogens is 1. The summed E-state index contributed by atoms with van der Waals surface area (Å²) in [5, 5.41) is 0.656. The maximum atomic E-state index is 13.8. The molecule has 1 aromatic carbocycles. The molecule has 1 amide bonds. The average molecular weight is 360 g/mol. The summed E-state index contributed by atoms with van der Waals surface area (Å²) >= 11 is 1.45. The molecule has 1 fully saturated rings. The third kappa shape index (κ3) is 4.55. The minimum Gasteiger partial charge on any atom is -0.337 e. The van der Waals surface area contributed by atoms with Crippen LogP contribution >= 0.6 is 11.8 Å². The van der Waals surface area contributed by atoms with Gasteiger partial charge in [-0.25, -0.2) is 14.4 Å². The van der Waals surface area contributed by atoms with Gasteiger partial charge in [-0.1, -0.05) is 30.0 Å². The van der Waals surface area contributed by atoms with Gasteiger partial charge in [-0.2, -0.15) is 0 Å². The minimum absolute atomic E-state index is 0.0413. The Labute approximate surface area is 151 Å². The third-order valence-corrected chi connectivity index (χ3v) is 4.86. The summed E-state index contributed by atoms with van der Waals surface area (Å²) in [4.78, 5) is 25.0. The second-order valence-electron chi connectivity index (χ2n) is 5.97. The van der Waals surface area contributed by atoms with Crippen LogP contribution in [0.15, 0.2) is 41.8 Å². The van der Waals surface area contributed by atoms with Gasteiger partial charge in [0.25, 0.3) is 5.91 Å². The zero-order chi connectivity index (χ0) is 17.6. The Morgan fingerprint density at radius 2 is 1.92 bits per heavy atom. The van der Waals surface area contributed by atoms with E-state index in [1.165, 1.54) is 17.8 Å². The fraction of sp³-hybridized carbons (Fsp3) is 0.389. The molecular formula is C18H21FN4OS. The highest BCUT2D eigenvalue weighted by atomic mass is 32.2. The zero-order valence-electron chi connectivity index (χ0n) is 14.2. The van der Waals surface area contributed by atoms with Crippen LogP contribution < -0.4 is 0 Å². The van der Waals surface area contributed by atoms with Crippen molar-refractivity contribution >= 4 is 17.7 Å². The van der Waals surface area contributed by atoms with Crippen LogP contribution in [0.3, 0.4) is 0 Å². The van der Waals surface area contributed by atoms with Crippen LogP contribution in [0.4, 0.5) is 4.39 Å². The van der Waals surface area contributed by atoms with Crippen molar-refractivity contribution < 1.29 is 9.18 Å².